The zero-order chi connectivity index (χ0) is 15.7. The molecule has 1 aromatic carbocycles. The van der Waals surface area contributed by atoms with Gasteiger partial charge in [0, 0.05) is 43.5 Å². The van der Waals surface area contributed by atoms with E-state index in [0.29, 0.717) is 6.54 Å². The molecule has 1 radical (unpaired) electrons. The van der Waals surface area contributed by atoms with Crippen molar-refractivity contribution in [2.75, 3.05) is 7.11 Å². The number of carbonyl (C=O) groups excluding carboxylic acids is 1. The van der Waals surface area contributed by atoms with Crippen molar-refractivity contribution >= 4 is 16.8 Å². The quantitative estimate of drug-likeness (QED) is 0.776. The first-order valence-corrected chi connectivity index (χ1v) is 6.95. The van der Waals surface area contributed by atoms with E-state index in [1.54, 1.807) is 18.0 Å². The molecule has 113 valence electrons. The van der Waals surface area contributed by atoms with Gasteiger partial charge in [0.2, 0.25) is 0 Å². The molecule has 2 aromatic heterocycles. The maximum Gasteiger partial charge on any atom is 0.269 e. The second-order valence-electron chi connectivity index (χ2n) is 5.15. The number of hydrogen-bond donors (Lipinski definition) is 1. The summed E-state index contributed by atoms with van der Waals surface area (Å²) in [6.07, 6.45) is 4.55. The first-order chi connectivity index (χ1) is 10.6. The van der Waals surface area contributed by atoms with Crippen LogP contribution in [0.4, 0.5) is 0 Å². The van der Waals surface area contributed by atoms with Gasteiger partial charge in [0.15, 0.2) is 5.69 Å². The van der Waals surface area contributed by atoms with Gasteiger partial charge < -0.3 is 15.0 Å². The van der Waals surface area contributed by atoms with Gasteiger partial charge in [0.1, 0.15) is 5.75 Å². The fourth-order valence-electron chi connectivity index (χ4n) is 2.57. The molecule has 0 saturated carbocycles. The third-order valence-corrected chi connectivity index (χ3v) is 3.70. The standard InChI is InChI=1S/C16H17N4O2/c1-19-10-11(13-4-3-12(22-2)9-15(13)19)5-7-20-8-6-14(18-20)16(17)21/h3-4,8-10H,5,7H2,1-2H3,(H2,17,21). The number of rotatable bonds is 5. The lowest BCUT2D eigenvalue weighted by atomic mass is 10.1. The Morgan fingerprint density at radius 1 is 1.45 bits per heavy atom. The summed E-state index contributed by atoms with van der Waals surface area (Å²) in [5, 5.41) is 5.29. The molecule has 6 nitrogen and oxygen atoms in total. The van der Waals surface area contributed by atoms with Gasteiger partial charge in [0.25, 0.3) is 5.91 Å². The monoisotopic (exact) mass is 297 g/mol. The van der Waals surface area contributed by atoms with E-state index in [0.717, 1.165) is 17.7 Å². The summed E-state index contributed by atoms with van der Waals surface area (Å²) in [4.78, 5) is 11.0. The van der Waals surface area contributed by atoms with Gasteiger partial charge in [-0.05, 0) is 24.1 Å². The van der Waals surface area contributed by atoms with Crippen molar-refractivity contribution in [3.8, 4) is 5.75 Å². The Balaban J connectivity index is 1.83. The van der Waals surface area contributed by atoms with Crippen LogP contribution in [0.5, 0.6) is 5.75 Å². The molecule has 2 N–H and O–H groups in total. The van der Waals surface area contributed by atoms with Gasteiger partial charge >= 0.3 is 0 Å². The minimum atomic E-state index is -0.559. The predicted octanol–water partition coefficient (Wildman–Crippen LogP) is 1.53. The first-order valence-electron chi connectivity index (χ1n) is 6.95. The Bertz CT molecular complexity index is 832. The molecule has 0 bridgehead atoms. The number of hydrogen-bond acceptors (Lipinski definition) is 3. The van der Waals surface area contributed by atoms with E-state index in [4.69, 9.17) is 10.5 Å². The lowest BCUT2D eigenvalue weighted by Gasteiger charge is -2.02. The molecule has 0 aliphatic heterocycles. The molecule has 0 atom stereocenters. The molecule has 0 aliphatic carbocycles. The minimum absolute atomic E-state index is 0.169. The smallest absolute Gasteiger partial charge is 0.269 e. The Kier molecular flexibility index (Phi) is 3.58. The zero-order valence-electron chi connectivity index (χ0n) is 12.5. The fraction of sp³-hybridized carbons (Fsp3) is 0.250. The number of fused-ring (bicyclic) bond motifs is 1. The lowest BCUT2D eigenvalue weighted by molar-refractivity contribution is 0.0994. The Morgan fingerprint density at radius 3 is 2.95 bits per heavy atom. The van der Waals surface area contributed by atoms with Crippen LogP contribution in [0, 0.1) is 6.07 Å². The van der Waals surface area contributed by atoms with Gasteiger partial charge in [-0.3, -0.25) is 9.48 Å². The summed E-state index contributed by atoms with van der Waals surface area (Å²) in [6.45, 7) is 0.662. The van der Waals surface area contributed by atoms with Crippen molar-refractivity contribution in [2.45, 2.75) is 13.0 Å². The number of ether oxygens (including phenoxy) is 1. The molecule has 0 saturated heterocycles. The number of amides is 1. The molecule has 6 heteroatoms. The fourth-order valence-corrected chi connectivity index (χ4v) is 2.57. The molecule has 3 rings (SSSR count). The highest BCUT2D eigenvalue weighted by Gasteiger charge is 2.09. The van der Waals surface area contributed by atoms with Crippen molar-refractivity contribution in [2.24, 2.45) is 12.8 Å². The van der Waals surface area contributed by atoms with E-state index in [-0.39, 0.29) is 5.69 Å². The van der Waals surface area contributed by atoms with Crippen LogP contribution in [0.2, 0.25) is 0 Å². The van der Waals surface area contributed by atoms with Gasteiger partial charge in [-0.25, -0.2) is 0 Å². The maximum atomic E-state index is 11.0. The third-order valence-electron chi connectivity index (χ3n) is 3.70. The molecule has 22 heavy (non-hydrogen) atoms. The second kappa shape index (κ2) is 5.55. The molecule has 0 aliphatic rings. The third kappa shape index (κ3) is 2.55. The molecule has 1 amide bonds. The lowest BCUT2D eigenvalue weighted by Crippen LogP contribution is -2.13. The van der Waals surface area contributed by atoms with E-state index in [1.807, 2.05) is 19.2 Å². The summed E-state index contributed by atoms with van der Waals surface area (Å²) in [7, 11) is 3.67. The Labute approximate surface area is 128 Å². The average molecular weight is 297 g/mol. The van der Waals surface area contributed by atoms with Crippen molar-refractivity contribution in [3.05, 3.63) is 47.9 Å². The summed E-state index contributed by atoms with van der Waals surface area (Å²) >= 11 is 0. The van der Waals surface area contributed by atoms with Crippen LogP contribution in [0.15, 0.2) is 30.6 Å². The molecule has 3 aromatic rings. The molecule has 0 fully saturated rings. The number of nitrogens with zero attached hydrogens (tertiary/aromatic N) is 3. The summed E-state index contributed by atoms with van der Waals surface area (Å²) < 4.78 is 9.03. The van der Waals surface area contributed by atoms with Crippen LogP contribution in [0.3, 0.4) is 0 Å². The van der Waals surface area contributed by atoms with Crippen molar-refractivity contribution < 1.29 is 9.53 Å². The van der Waals surface area contributed by atoms with Crippen LogP contribution in [0.25, 0.3) is 10.9 Å². The van der Waals surface area contributed by atoms with E-state index < -0.39 is 5.91 Å². The SMILES string of the molecule is COc1ccc2c(CCn3c[c]c(C(N)=O)n3)cn(C)c2c1. The topological polar surface area (TPSA) is 75.1 Å². The number of methoxy groups -OCH3 is 1. The molecule has 0 spiro atoms. The van der Waals surface area contributed by atoms with Gasteiger partial charge in [-0.2, -0.15) is 5.10 Å². The van der Waals surface area contributed by atoms with Crippen LogP contribution >= 0.6 is 0 Å². The highest BCUT2D eigenvalue weighted by Crippen LogP contribution is 2.25. The van der Waals surface area contributed by atoms with Crippen LogP contribution < -0.4 is 10.5 Å². The number of primary amides is 1. The summed E-state index contributed by atoms with van der Waals surface area (Å²) in [5.41, 5.74) is 7.69. The van der Waals surface area contributed by atoms with Gasteiger partial charge in [-0.15, -0.1) is 0 Å². The first kappa shape index (κ1) is 14.2. The number of aryl methyl sites for hydroxylation is 3. The van der Waals surface area contributed by atoms with Gasteiger partial charge in [-0.1, -0.05) is 0 Å². The number of aromatic nitrogens is 3. The Morgan fingerprint density at radius 2 is 2.27 bits per heavy atom. The van der Waals surface area contributed by atoms with Gasteiger partial charge in [0.05, 0.1) is 12.6 Å². The average Bonchev–Trinajstić information content (AvgIpc) is 3.10. The zero-order valence-corrected chi connectivity index (χ0v) is 12.5. The van der Waals surface area contributed by atoms with Crippen molar-refractivity contribution in [3.63, 3.8) is 0 Å². The normalized spacial score (nSPS) is 11.0. The highest BCUT2D eigenvalue weighted by atomic mass is 16.5. The molecular weight excluding hydrogens is 280 g/mol. The largest absolute Gasteiger partial charge is 0.497 e. The van der Waals surface area contributed by atoms with E-state index in [9.17, 15) is 4.79 Å². The summed E-state index contributed by atoms with van der Waals surface area (Å²) in [6, 6.07) is 8.79. The maximum absolute atomic E-state index is 11.0. The van der Waals surface area contributed by atoms with Crippen molar-refractivity contribution in [1.29, 1.82) is 0 Å². The van der Waals surface area contributed by atoms with Crippen LogP contribution in [-0.2, 0) is 20.0 Å². The summed E-state index contributed by atoms with van der Waals surface area (Å²) in [5.74, 6) is 0.282. The van der Waals surface area contributed by atoms with E-state index in [1.165, 1.54) is 10.9 Å². The van der Waals surface area contributed by atoms with E-state index in [2.05, 4.69) is 28.0 Å². The van der Waals surface area contributed by atoms with Crippen LogP contribution in [0.1, 0.15) is 16.1 Å². The molecular formula is C16H17N4O2. The Hall–Kier alpha value is -2.76. The minimum Gasteiger partial charge on any atom is -0.497 e. The predicted molar refractivity (Wildman–Crippen MR) is 82.8 cm³/mol. The number of benzene rings is 1. The molecule has 2 heterocycles. The highest BCUT2D eigenvalue weighted by molar-refractivity contribution is 5.90. The molecule has 0 unspecified atom stereocenters. The number of carbonyl (C=O) groups is 1. The van der Waals surface area contributed by atoms with E-state index >= 15 is 0 Å². The van der Waals surface area contributed by atoms with Crippen LogP contribution in [-0.4, -0.2) is 27.4 Å². The number of nitrogens with two attached hydrogens (primary N) is 1. The van der Waals surface area contributed by atoms with Crippen molar-refractivity contribution in [1.82, 2.24) is 14.3 Å². The second-order valence-corrected chi connectivity index (χ2v) is 5.15.